The van der Waals surface area contributed by atoms with Crippen molar-refractivity contribution in [1.82, 2.24) is 5.32 Å². The first-order valence-corrected chi connectivity index (χ1v) is 9.54. The highest BCUT2D eigenvalue weighted by Gasteiger charge is 2.28. The zero-order chi connectivity index (χ0) is 17.2. The Bertz CT molecular complexity index is 817. The van der Waals surface area contributed by atoms with E-state index in [1.807, 2.05) is 37.3 Å². The van der Waals surface area contributed by atoms with Gasteiger partial charge >= 0.3 is 0 Å². The number of sulfonamides is 1. The molecule has 3 rings (SSSR count). The summed E-state index contributed by atoms with van der Waals surface area (Å²) < 4.78 is 25.3. The van der Waals surface area contributed by atoms with Gasteiger partial charge in [-0.25, -0.2) is 8.42 Å². The number of carbonyl (C=O) groups is 1. The van der Waals surface area contributed by atoms with E-state index < -0.39 is 10.0 Å². The summed E-state index contributed by atoms with van der Waals surface area (Å²) in [5, 5.41) is 2.95. The van der Waals surface area contributed by atoms with Crippen LogP contribution in [0.2, 0.25) is 0 Å². The number of anilines is 1. The lowest BCUT2D eigenvalue weighted by Crippen LogP contribution is -2.27. The first-order chi connectivity index (χ1) is 11.5. The lowest BCUT2D eigenvalue weighted by molar-refractivity contribution is 0.0940. The quantitative estimate of drug-likeness (QED) is 0.927. The highest BCUT2D eigenvalue weighted by Crippen LogP contribution is 2.24. The largest absolute Gasteiger partial charge is 0.346 e. The minimum atomic E-state index is -3.20. The Labute approximate surface area is 142 Å². The maximum absolute atomic E-state index is 12.3. The van der Waals surface area contributed by atoms with Crippen molar-refractivity contribution in [1.29, 1.82) is 0 Å². The van der Waals surface area contributed by atoms with Crippen LogP contribution in [-0.4, -0.2) is 26.6 Å². The van der Waals surface area contributed by atoms with E-state index in [4.69, 9.17) is 0 Å². The molecule has 6 heteroatoms. The molecule has 1 amide bonds. The normalized spacial score (nSPS) is 17.5. The van der Waals surface area contributed by atoms with E-state index in [-0.39, 0.29) is 17.7 Å². The Morgan fingerprint density at radius 1 is 1.08 bits per heavy atom. The van der Waals surface area contributed by atoms with Gasteiger partial charge in [-0.05, 0) is 43.2 Å². The van der Waals surface area contributed by atoms with E-state index >= 15 is 0 Å². The molecule has 0 spiro atoms. The molecular weight excluding hydrogens is 324 g/mol. The highest BCUT2D eigenvalue weighted by atomic mass is 32.2. The maximum Gasteiger partial charge on any atom is 0.251 e. The summed E-state index contributed by atoms with van der Waals surface area (Å²) in [6, 6.07) is 16.3. The van der Waals surface area contributed by atoms with Crippen LogP contribution in [0.5, 0.6) is 0 Å². The molecule has 2 aromatic rings. The van der Waals surface area contributed by atoms with Gasteiger partial charge in [-0.2, -0.15) is 0 Å². The van der Waals surface area contributed by atoms with E-state index in [1.54, 1.807) is 24.3 Å². The third-order valence-corrected chi connectivity index (χ3v) is 6.03. The SMILES string of the molecule is C[C@H](NC(=O)c1ccc(N2CCCS2(=O)=O)cc1)c1ccccc1. The number of hydrogen-bond acceptors (Lipinski definition) is 3. The van der Waals surface area contributed by atoms with Crippen molar-refractivity contribution < 1.29 is 13.2 Å². The van der Waals surface area contributed by atoms with Crippen LogP contribution in [0, 0.1) is 0 Å². The first-order valence-electron chi connectivity index (χ1n) is 7.94. The average Bonchev–Trinajstić information content (AvgIpc) is 2.95. The van der Waals surface area contributed by atoms with Gasteiger partial charge in [0.15, 0.2) is 0 Å². The predicted octanol–water partition coefficient (Wildman–Crippen LogP) is 2.72. The number of hydrogen-bond donors (Lipinski definition) is 1. The maximum atomic E-state index is 12.3. The monoisotopic (exact) mass is 344 g/mol. The van der Waals surface area contributed by atoms with Crippen LogP contribution in [0.4, 0.5) is 5.69 Å². The van der Waals surface area contributed by atoms with Gasteiger partial charge in [-0.1, -0.05) is 30.3 Å². The molecule has 1 atom stereocenters. The van der Waals surface area contributed by atoms with Gasteiger partial charge in [0.25, 0.3) is 5.91 Å². The summed E-state index contributed by atoms with van der Waals surface area (Å²) in [6.45, 7) is 2.43. The van der Waals surface area contributed by atoms with Crippen molar-refractivity contribution in [3.63, 3.8) is 0 Å². The third kappa shape index (κ3) is 3.43. The lowest BCUT2D eigenvalue weighted by atomic mass is 10.1. The van der Waals surface area contributed by atoms with Crippen LogP contribution < -0.4 is 9.62 Å². The Balaban J connectivity index is 1.70. The summed E-state index contributed by atoms with van der Waals surface area (Å²) in [4.78, 5) is 12.3. The van der Waals surface area contributed by atoms with Gasteiger partial charge in [-0.3, -0.25) is 9.10 Å². The molecule has 0 aliphatic carbocycles. The van der Waals surface area contributed by atoms with Crippen molar-refractivity contribution in [3.8, 4) is 0 Å². The second-order valence-electron chi connectivity index (χ2n) is 5.89. The first kappa shape index (κ1) is 16.5. The molecule has 24 heavy (non-hydrogen) atoms. The lowest BCUT2D eigenvalue weighted by Gasteiger charge is -2.18. The van der Waals surface area contributed by atoms with Crippen molar-refractivity contribution in [3.05, 3.63) is 65.7 Å². The van der Waals surface area contributed by atoms with E-state index in [2.05, 4.69) is 5.32 Å². The van der Waals surface area contributed by atoms with Crippen molar-refractivity contribution in [2.45, 2.75) is 19.4 Å². The molecule has 0 bridgehead atoms. The molecule has 5 nitrogen and oxygen atoms in total. The van der Waals surface area contributed by atoms with Crippen molar-refractivity contribution in [2.24, 2.45) is 0 Å². The minimum absolute atomic E-state index is 0.0997. The summed E-state index contributed by atoms with van der Waals surface area (Å²) in [6.07, 6.45) is 0.638. The van der Waals surface area contributed by atoms with Gasteiger partial charge in [-0.15, -0.1) is 0 Å². The van der Waals surface area contributed by atoms with Crippen molar-refractivity contribution >= 4 is 21.6 Å². The molecule has 1 heterocycles. The predicted molar refractivity (Wildman–Crippen MR) is 94.5 cm³/mol. The molecule has 0 aromatic heterocycles. The summed E-state index contributed by atoms with van der Waals surface area (Å²) in [5.41, 5.74) is 2.16. The van der Waals surface area contributed by atoms with Crippen LogP contribution in [0.15, 0.2) is 54.6 Å². The van der Waals surface area contributed by atoms with Gasteiger partial charge < -0.3 is 5.32 Å². The second kappa shape index (κ2) is 6.65. The summed E-state index contributed by atoms with van der Waals surface area (Å²) in [7, 11) is -3.20. The molecule has 0 radical (unpaired) electrons. The van der Waals surface area contributed by atoms with Crippen LogP contribution in [-0.2, 0) is 10.0 Å². The smallest absolute Gasteiger partial charge is 0.251 e. The highest BCUT2D eigenvalue weighted by molar-refractivity contribution is 7.93. The molecule has 0 unspecified atom stereocenters. The molecule has 1 fully saturated rings. The van der Waals surface area contributed by atoms with Crippen LogP contribution in [0.25, 0.3) is 0 Å². The van der Waals surface area contributed by atoms with Gasteiger partial charge in [0, 0.05) is 12.1 Å². The zero-order valence-corrected chi connectivity index (χ0v) is 14.3. The average molecular weight is 344 g/mol. The van der Waals surface area contributed by atoms with Crippen LogP contribution >= 0.6 is 0 Å². The number of nitrogens with one attached hydrogen (secondary N) is 1. The van der Waals surface area contributed by atoms with E-state index in [9.17, 15) is 13.2 Å². The van der Waals surface area contributed by atoms with Crippen LogP contribution in [0.1, 0.15) is 35.3 Å². The zero-order valence-electron chi connectivity index (χ0n) is 13.5. The molecule has 1 aliphatic heterocycles. The molecule has 0 saturated carbocycles. The Morgan fingerprint density at radius 3 is 2.33 bits per heavy atom. The summed E-state index contributed by atoms with van der Waals surface area (Å²) >= 11 is 0. The molecule has 2 aromatic carbocycles. The molecule has 1 N–H and O–H groups in total. The second-order valence-corrected chi connectivity index (χ2v) is 7.91. The van der Waals surface area contributed by atoms with Gasteiger partial charge in [0.1, 0.15) is 0 Å². The van der Waals surface area contributed by atoms with E-state index in [1.165, 1.54) is 4.31 Å². The molecule has 126 valence electrons. The van der Waals surface area contributed by atoms with Crippen LogP contribution in [0.3, 0.4) is 0 Å². The fraction of sp³-hybridized carbons (Fsp3) is 0.278. The fourth-order valence-electron chi connectivity index (χ4n) is 2.81. The van der Waals surface area contributed by atoms with Crippen molar-refractivity contribution in [2.75, 3.05) is 16.6 Å². The number of amides is 1. The number of rotatable bonds is 4. The minimum Gasteiger partial charge on any atom is -0.346 e. The Kier molecular flexibility index (Phi) is 4.57. The summed E-state index contributed by atoms with van der Waals surface area (Å²) in [5.74, 6) is 0.00582. The molecule has 1 aliphatic rings. The van der Waals surface area contributed by atoms with E-state index in [0.717, 1.165) is 5.56 Å². The number of benzene rings is 2. The van der Waals surface area contributed by atoms with E-state index in [0.29, 0.717) is 24.2 Å². The molecule has 1 saturated heterocycles. The Morgan fingerprint density at radius 2 is 1.75 bits per heavy atom. The third-order valence-electron chi connectivity index (χ3n) is 4.16. The number of nitrogens with zero attached hydrogens (tertiary/aromatic N) is 1. The fourth-order valence-corrected chi connectivity index (χ4v) is 4.38. The topological polar surface area (TPSA) is 66.5 Å². The molecular formula is C18H20N2O3S. The van der Waals surface area contributed by atoms with Gasteiger partial charge in [0.05, 0.1) is 17.5 Å². The Hall–Kier alpha value is -2.34. The standard InChI is InChI=1S/C18H20N2O3S/c1-14(15-6-3-2-4-7-15)19-18(21)16-8-10-17(11-9-16)20-12-5-13-24(20,22)23/h2-4,6-11,14H,5,12-13H2,1H3,(H,19,21)/t14-/m0/s1. The number of carbonyl (C=O) groups excluding carboxylic acids is 1. The van der Waals surface area contributed by atoms with Gasteiger partial charge in [0.2, 0.25) is 10.0 Å².